The first-order chi connectivity index (χ1) is 14.0. The molecule has 0 aliphatic carbocycles. The predicted molar refractivity (Wildman–Crippen MR) is 117 cm³/mol. The van der Waals surface area contributed by atoms with Gasteiger partial charge in [0, 0.05) is 5.57 Å². The lowest BCUT2D eigenvalue weighted by Crippen LogP contribution is -2.11. The Labute approximate surface area is 172 Å². The van der Waals surface area contributed by atoms with Crippen molar-refractivity contribution in [1.82, 2.24) is 0 Å². The first kappa shape index (κ1) is 20.2. The van der Waals surface area contributed by atoms with E-state index < -0.39 is 0 Å². The van der Waals surface area contributed by atoms with E-state index in [9.17, 15) is 0 Å². The summed E-state index contributed by atoms with van der Waals surface area (Å²) in [5.74, 6) is 2.41. The summed E-state index contributed by atoms with van der Waals surface area (Å²) in [5, 5.41) is 0. The summed E-state index contributed by atoms with van der Waals surface area (Å²) in [7, 11) is 1.61. The second-order valence-corrected chi connectivity index (χ2v) is 6.74. The van der Waals surface area contributed by atoms with Crippen molar-refractivity contribution < 1.29 is 14.2 Å². The Morgan fingerprint density at radius 2 is 1.38 bits per heavy atom. The fourth-order valence-corrected chi connectivity index (χ4v) is 2.56. The van der Waals surface area contributed by atoms with Crippen molar-refractivity contribution in [3.05, 3.63) is 95.8 Å². The standard InChI is InChI=1S/C25H25NO3/c1-18-9-13-21(14-10-18)26-25(29-24-8-6-5-7-23(24)27-4)20(3)17-28-22-15-11-19(2)12-16-22/h5-17H,1-4H3. The number of aryl methyl sites for hydroxylation is 2. The maximum Gasteiger partial charge on any atom is 0.226 e. The Hall–Kier alpha value is -3.53. The lowest BCUT2D eigenvalue weighted by molar-refractivity contribution is 0.390. The highest BCUT2D eigenvalue weighted by molar-refractivity contribution is 5.96. The van der Waals surface area contributed by atoms with Crippen LogP contribution in [0.2, 0.25) is 0 Å². The summed E-state index contributed by atoms with van der Waals surface area (Å²) in [6.07, 6.45) is 1.65. The van der Waals surface area contributed by atoms with E-state index in [0.717, 1.165) is 17.0 Å². The monoisotopic (exact) mass is 387 g/mol. The van der Waals surface area contributed by atoms with E-state index in [-0.39, 0.29) is 0 Å². The normalized spacial score (nSPS) is 11.9. The van der Waals surface area contributed by atoms with E-state index >= 15 is 0 Å². The predicted octanol–water partition coefficient (Wildman–Crippen LogP) is 6.40. The molecular weight excluding hydrogens is 362 g/mol. The van der Waals surface area contributed by atoms with Crippen molar-refractivity contribution in [2.24, 2.45) is 4.99 Å². The molecule has 0 aliphatic rings. The lowest BCUT2D eigenvalue weighted by Gasteiger charge is -2.13. The van der Waals surface area contributed by atoms with Gasteiger partial charge in [-0.25, -0.2) is 4.99 Å². The summed E-state index contributed by atoms with van der Waals surface area (Å²) >= 11 is 0. The van der Waals surface area contributed by atoms with Gasteiger partial charge in [0.05, 0.1) is 19.1 Å². The van der Waals surface area contributed by atoms with Crippen molar-refractivity contribution in [1.29, 1.82) is 0 Å². The van der Waals surface area contributed by atoms with Gasteiger partial charge in [0.15, 0.2) is 11.5 Å². The molecule has 0 bridgehead atoms. The number of benzene rings is 3. The van der Waals surface area contributed by atoms with Gasteiger partial charge in [-0.1, -0.05) is 47.5 Å². The molecule has 0 radical (unpaired) electrons. The number of ether oxygens (including phenoxy) is 3. The van der Waals surface area contributed by atoms with Gasteiger partial charge in [-0.15, -0.1) is 0 Å². The van der Waals surface area contributed by atoms with Gasteiger partial charge < -0.3 is 14.2 Å². The van der Waals surface area contributed by atoms with Crippen LogP contribution in [-0.4, -0.2) is 13.0 Å². The van der Waals surface area contributed by atoms with Crippen LogP contribution in [0.3, 0.4) is 0 Å². The van der Waals surface area contributed by atoms with Crippen LogP contribution in [0.4, 0.5) is 5.69 Å². The van der Waals surface area contributed by atoms with E-state index in [1.165, 1.54) is 11.1 Å². The Morgan fingerprint density at radius 1 is 0.793 bits per heavy atom. The summed E-state index contributed by atoms with van der Waals surface area (Å²) in [4.78, 5) is 4.69. The first-order valence-electron chi connectivity index (χ1n) is 9.42. The number of hydrogen-bond donors (Lipinski definition) is 0. The molecule has 0 heterocycles. The molecule has 3 rings (SSSR count). The molecule has 0 unspecified atom stereocenters. The van der Waals surface area contributed by atoms with Gasteiger partial charge in [-0.05, 0) is 57.2 Å². The zero-order chi connectivity index (χ0) is 20.6. The molecule has 29 heavy (non-hydrogen) atoms. The second kappa shape index (κ2) is 9.60. The van der Waals surface area contributed by atoms with Gasteiger partial charge in [0.1, 0.15) is 5.75 Å². The molecule has 4 nitrogen and oxygen atoms in total. The second-order valence-electron chi connectivity index (χ2n) is 6.74. The van der Waals surface area contributed by atoms with Crippen LogP contribution in [-0.2, 0) is 0 Å². The van der Waals surface area contributed by atoms with Crippen LogP contribution in [0.1, 0.15) is 18.1 Å². The Kier molecular flexibility index (Phi) is 6.69. The molecule has 3 aromatic rings. The van der Waals surface area contributed by atoms with Crippen molar-refractivity contribution in [2.45, 2.75) is 20.8 Å². The highest BCUT2D eigenvalue weighted by atomic mass is 16.5. The summed E-state index contributed by atoms with van der Waals surface area (Å²) in [6, 6.07) is 23.3. The maximum atomic E-state index is 6.12. The molecule has 0 saturated heterocycles. The number of methoxy groups -OCH3 is 1. The van der Waals surface area contributed by atoms with Crippen molar-refractivity contribution in [3.63, 3.8) is 0 Å². The quantitative estimate of drug-likeness (QED) is 0.279. The topological polar surface area (TPSA) is 40.0 Å². The van der Waals surface area contributed by atoms with Crippen LogP contribution in [0, 0.1) is 13.8 Å². The van der Waals surface area contributed by atoms with Crippen LogP contribution in [0.15, 0.2) is 89.6 Å². The summed E-state index contributed by atoms with van der Waals surface area (Å²) in [5.41, 5.74) is 3.89. The fraction of sp³-hybridized carbons (Fsp3) is 0.160. The van der Waals surface area contributed by atoms with E-state index in [4.69, 9.17) is 14.2 Å². The molecule has 4 heteroatoms. The highest BCUT2D eigenvalue weighted by Gasteiger charge is 2.11. The average Bonchev–Trinajstić information content (AvgIpc) is 2.74. The van der Waals surface area contributed by atoms with Crippen molar-refractivity contribution in [3.8, 4) is 17.2 Å². The molecule has 0 aromatic heterocycles. The van der Waals surface area contributed by atoms with E-state index in [0.29, 0.717) is 17.4 Å². The third-order valence-corrected chi connectivity index (χ3v) is 4.27. The minimum absolute atomic E-state index is 0.436. The Morgan fingerprint density at radius 3 is 2.00 bits per heavy atom. The molecular formula is C25H25NO3. The van der Waals surface area contributed by atoms with Crippen molar-refractivity contribution in [2.75, 3.05) is 7.11 Å². The van der Waals surface area contributed by atoms with Gasteiger partial charge in [-0.3, -0.25) is 0 Å². The number of nitrogens with zero attached hydrogens (tertiary/aromatic N) is 1. The largest absolute Gasteiger partial charge is 0.493 e. The van der Waals surface area contributed by atoms with Gasteiger partial charge in [0.25, 0.3) is 0 Å². The van der Waals surface area contributed by atoms with Crippen LogP contribution < -0.4 is 14.2 Å². The Bertz CT molecular complexity index is 1000. The molecule has 0 N–H and O–H groups in total. The van der Waals surface area contributed by atoms with Crippen LogP contribution in [0.5, 0.6) is 17.2 Å². The molecule has 0 aliphatic heterocycles. The van der Waals surface area contributed by atoms with Crippen LogP contribution in [0.25, 0.3) is 0 Å². The first-order valence-corrected chi connectivity index (χ1v) is 9.42. The van der Waals surface area contributed by atoms with Crippen molar-refractivity contribution >= 4 is 11.6 Å². The smallest absolute Gasteiger partial charge is 0.226 e. The highest BCUT2D eigenvalue weighted by Crippen LogP contribution is 2.28. The molecule has 148 valence electrons. The lowest BCUT2D eigenvalue weighted by atomic mass is 10.2. The number of hydrogen-bond acceptors (Lipinski definition) is 4. The molecule has 0 fully saturated rings. The maximum absolute atomic E-state index is 6.12. The molecule has 0 amide bonds. The Balaban J connectivity index is 1.91. The molecule has 0 atom stereocenters. The zero-order valence-electron chi connectivity index (χ0n) is 17.2. The summed E-state index contributed by atoms with van der Waals surface area (Å²) < 4.78 is 17.3. The minimum Gasteiger partial charge on any atom is -0.493 e. The van der Waals surface area contributed by atoms with Gasteiger partial charge in [-0.2, -0.15) is 0 Å². The van der Waals surface area contributed by atoms with Gasteiger partial charge >= 0.3 is 0 Å². The molecule has 3 aromatic carbocycles. The fourth-order valence-electron chi connectivity index (χ4n) is 2.56. The number of para-hydroxylation sites is 2. The number of rotatable bonds is 6. The number of aliphatic imine (C=N–C) groups is 1. The molecule has 0 spiro atoms. The third-order valence-electron chi connectivity index (χ3n) is 4.27. The van der Waals surface area contributed by atoms with E-state index in [2.05, 4.69) is 4.99 Å². The summed E-state index contributed by atoms with van der Waals surface area (Å²) in [6.45, 7) is 5.98. The van der Waals surface area contributed by atoms with E-state index in [1.807, 2.05) is 93.6 Å². The van der Waals surface area contributed by atoms with E-state index in [1.54, 1.807) is 13.4 Å². The van der Waals surface area contributed by atoms with Gasteiger partial charge in [0.2, 0.25) is 5.90 Å². The zero-order valence-corrected chi connectivity index (χ0v) is 17.2. The molecule has 0 saturated carbocycles. The minimum atomic E-state index is 0.436. The van der Waals surface area contributed by atoms with Crippen LogP contribution >= 0.6 is 0 Å². The average molecular weight is 387 g/mol. The SMILES string of the molecule is COc1ccccc1OC(=Nc1ccc(C)cc1)C(C)=COc1ccc(C)cc1. The third kappa shape index (κ3) is 5.72.